The van der Waals surface area contributed by atoms with Gasteiger partial charge in [-0.15, -0.1) is 0 Å². The third-order valence-electron chi connectivity index (χ3n) is 1.83. The van der Waals surface area contributed by atoms with Gasteiger partial charge in [-0.25, -0.2) is 9.97 Å². The number of hydrogen-bond acceptors (Lipinski definition) is 5. The molecule has 0 aliphatic heterocycles. The van der Waals surface area contributed by atoms with Crippen LogP contribution in [-0.2, 0) is 4.74 Å². The van der Waals surface area contributed by atoms with Crippen molar-refractivity contribution in [2.24, 2.45) is 0 Å². The fraction of sp³-hybridized carbons (Fsp3) is 0.556. The fourth-order valence-electron chi connectivity index (χ4n) is 1.13. The zero-order chi connectivity index (χ0) is 10.2. The Morgan fingerprint density at radius 1 is 1.50 bits per heavy atom. The molecule has 1 rings (SSSR count). The Labute approximate surface area is 83.4 Å². The third kappa shape index (κ3) is 3.27. The van der Waals surface area contributed by atoms with Crippen molar-refractivity contribution in [2.75, 3.05) is 38.3 Å². The Morgan fingerprint density at radius 3 is 2.93 bits per heavy atom. The van der Waals surface area contributed by atoms with Crippen LogP contribution in [0.1, 0.15) is 0 Å². The molecule has 0 fully saturated rings. The van der Waals surface area contributed by atoms with E-state index in [0.717, 1.165) is 5.82 Å². The summed E-state index contributed by atoms with van der Waals surface area (Å²) in [5.41, 5.74) is 0. The highest BCUT2D eigenvalue weighted by molar-refractivity contribution is 5.36. The number of aliphatic hydroxyl groups excluding tert-OH is 1. The normalized spacial score (nSPS) is 10.1. The Balaban J connectivity index is 2.58. The molecule has 5 heteroatoms. The number of nitrogens with zero attached hydrogens (tertiary/aromatic N) is 3. The maximum Gasteiger partial charge on any atom is 0.132 e. The molecule has 0 aliphatic rings. The van der Waals surface area contributed by atoms with Gasteiger partial charge in [0.05, 0.1) is 13.2 Å². The van der Waals surface area contributed by atoms with Crippen LogP contribution in [0.3, 0.4) is 0 Å². The molecule has 0 bridgehead atoms. The van der Waals surface area contributed by atoms with Crippen LogP contribution in [0.15, 0.2) is 18.6 Å². The predicted molar refractivity (Wildman–Crippen MR) is 53.2 cm³/mol. The van der Waals surface area contributed by atoms with Crippen LogP contribution in [0.5, 0.6) is 0 Å². The first kappa shape index (κ1) is 10.9. The molecule has 0 saturated carbocycles. The van der Waals surface area contributed by atoms with Crippen molar-refractivity contribution in [3.8, 4) is 0 Å². The summed E-state index contributed by atoms with van der Waals surface area (Å²) in [6.07, 6.45) is 3.17. The zero-order valence-electron chi connectivity index (χ0n) is 8.26. The van der Waals surface area contributed by atoms with Crippen LogP contribution < -0.4 is 4.90 Å². The molecule has 0 spiro atoms. The van der Waals surface area contributed by atoms with E-state index in [0.29, 0.717) is 19.7 Å². The lowest BCUT2D eigenvalue weighted by atomic mass is 10.4. The summed E-state index contributed by atoms with van der Waals surface area (Å²) >= 11 is 0. The number of aromatic nitrogens is 2. The average molecular weight is 197 g/mol. The summed E-state index contributed by atoms with van der Waals surface area (Å²) in [7, 11) is 1.65. The van der Waals surface area contributed by atoms with E-state index >= 15 is 0 Å². The second-order valence-corrected chi connectivity index (χ2v) is 2.77. The van der Waals surface area contributed by atoms with Crippen molar-refractivity contribution in [1.29, 1.82) is 0 Å². The summed E-state index contributed by atoms with van der Waals surface area (Å²) in [4.78, 5) is 9.88. The lowest BCUT2D eigenvalue weighted by molar-refractivity contribution is 0.202. The summed E-state index contributed by atoms with van der Waals surface area (Å²) in [5.74, 6) is 0.811. The van der Waals surface area contributed by atoms with Crippen molar-refractivity contribution in [3.05, 3.63) is 18.6 Å². The summed E-state index contributed by atoms with van der Waals surface area (Å²) in [5, 5.41) is 8.87. The van der Waals surface area contributed by atoms with Gasteiger partial charge in [-0.2, -0.15) is 0 Å². The third-order valence-corrected chi connectivity index (χ3v) is 1.83. The first-order chi connectivity index (χ1) is 6.88. The number of aliphatic hydroxyl groups is 1. The van der Waals surface area contributed by atoms with Gasteiger partial charge < -0.3 is 14.7 Å². The molecule has 78 valence electrons. The Bertz CT molecular complexity index is 243. The van der Waals surface area contributed by atoms with E-state index in [-0.39, 0.29) is 6.61 Å². The largest absolute Gasteiger partial charge is 0.395 e. The van der Waals surface area contributed by atoms with Gasteiger partial charge in [0, 0.05) is 26.4 Å². The minimum Gasteiger partial charge on any atom is -0.395 e. The van der Waals surface area contributed by atoms with Crippen LogP contribution in [-0.4, -0.2) is 48.5 Å². The molecule has 0 radical (unpaired) electrons. The second kappa shape index (κ2) is 6.28. The Hall–Kier alpha value is -1.20. The molecule has 0 saturated heterocycles. The Kier molecular flexibility index (Phi) is 4.88. The fourth-order valence-corrected chi connectivity index (χ4v) is 1.13. The highest BCUT2D eigenvalue weighted by Gasteiger charge is 2.05. The van der Waals surface area contributed by atoms with Crippen molar-refractivity contribution in [2.45, 2.75) is 0 Å². The van der Waals surface area contributed by atoms with E-state index in [2.05, 4.69) is 9.97 Å². The zero-order valence-corrected chi connectivity index (χ0v) is 8.26. The van der Waals surface area contributed by atoms with Gasteiger partial charge in [0.1, 0.15) is 12.1 Å². The molecular formula is C9H15N3O2. The lowest BCUT2D eigenvalue weighted by Crippen LogP contribution is -2.30. The van der Waals surface area contributed by atoms with E-state index in [1.54, 1.807) is 13.3 Å². The second-order valence-electron chi connectivity index (χ2n) is 2.77. The number of methoxy groups -OCH3 is 1. The molecule has 1 aromatic rings. The average Bonchev–Trinajstić information content (AvgIpc) is 2.25. The number of rotatable bonds is 6. The molecule has 5 nitrogen and oxygen atoms in total. The first-order valence-electron chi connectivity index (χ1n) is 4.49. The van der Waals surface area contributed by atoms with Crippen molar-refractivity contribution in [3.63, 3.8) is 0 Å². The number of anilines is 1. The molecule has 0 unspecified atom stereocenters. The molecule has 1 aromatic heterocycles. The standard InChI is InChI=1S/C9H15N3O2/c1-14-7-5-12(4-6-13)9-2-3-10-8-11-9/h2-3,8,13H,4-7H2,1H3. The van der Waals surface area contributed by atoms with E-state index in [1.165, 1.54) is 6.33 Å². The number of ether oxygens (including phenoxy) is 1. The van der Waals surface area contributed by atoms with Gasteiger partial charge in [0.25, 0.3) is 0 Å². The van der Waals surface area contributed by atoms with E-state index in [1.807, 2.05) is 11.0 Å². The molecule has 0 aliphatic carbocycles. The first-order valence-corrected chi connectivity index (χ1v) is 4.49. The van der Waals surface area contributed by atoms with Crippen molar-refractivity contribution < 1.29 is 9.84 Å². The van der Waals surface area contributed by atoms with Gasteiger partial charge in [0.2, 0.25) is 0 Å². The van der Waals surface area contributed by atoms with Gasteiger partial charge in [0.15, 0.2) is 0 Å². The van der Waals surface area contributed by atoms with Crippen LogP contribution in [0.25, 0.3) is 0 Å². The molecule has 1 N–H and O–H groups in total. The molecule has 0 amide bonds. The highest BCUT2D eigenvalue weighted by atomic mass is 16.5. The summed E-state index contributed by atoms with van der Waals surface area (Å²) in [6.45, 7) is 1.99. The highest BCUT2D eigenvalue weighted by Crippen LogP contribution is 2.06. The van der Waals surface area contributed by atoms with E-state index in [4.69, 9.17) is 9.84 Å². The van der Waals surface area contributed by atoms with Crippen LogP contribution >= 0.6 is 0 Å². The minimum absolute atomic E-state index is 0.105. The van der Waals surface area contributed by atoms with E-state index < -0.39 is 0 Å². The number of hydrogen-bond donors (Lipinski definition) is 1. The summed E-state index contributed by atoms with van der Waals surface area (Å²) in [6, 6.07) is 1.81. The monoisotopic (exact) mass is 197 g/mol. The lowest BCUT2D eigenvalue weighted by Gasteiger charge is -2.21. The molecular weight excluding hydrogens is 182 g/mol. The van der Waals surface area contributed by atoms with Gasteiger partial charge in [-0.3, -0.25) is 0 Å². The molecule has 1 heterocycles. The molecule has 0 atom stereocenters. The topological polar surface area (TPSA) is 58.5 Å². The summed E-state index contributed by atoms with van der Waals surface area (Å²) < 4.78 is 4.97. The van der Waals surface area contributed by atoms with Gasteiger partial charge in [-0.1, -0.05) is 0 Å². The maximum absolute atomic E-state index is 8.87. The quantitative estimate of drug-likeness (QED) is 0.691. The van der Waals surface area contributed by atoms with E-state index in [9.17, 15) is 0 Å². The van der Waals surface area contributed by atoms with Crippen molar-refractivity contribution >= 4 is 5.82 Å². The minimum atomic E-state index is 0.105. The molecule has 0 aromatic carbocycles. The van der Waals surface area contributed by atoms with Gasteiger partial charge >= 0.3 is 0 Å². The van der Waals surface area contributed by atoms with Crippen LogP contribution in [0.2, 0.25) is 0 Å². The molecule has 14 heavy (non-hydrogen) atoms. The van der Waals surface area contributed by atoms with Gasteiger partial charge in [-0.05, 0) is 6.07 Å². The van der Waals surface area contributed by atoms with Crippen LogP contribution in [0, 0.1) is 0 Å². The smallest absolute Gasteiger partial charge is 0.132 e. The van der Waals surface area contributed by atoms with Crippen LogP contribution in [0.4, 0.5) is 5.82 Å². The predicted octanol–water partition coefficient (Wildman–Crippen LogP) is -0.0783. The SMILES string of the molecule is COCCN(CCO)c1ccncn1. The van der Waals surface area contributed by atoms with Crippen molar-refractivity contribution in [1.82, 2.24) is 9.97 Å². The maximum atomic E-state index is 8.87. The Morgan fingerprint density at radius 2 is 2.36 bits per heavy atom.